The molecule has 1 aromatic carbocycles. The summed E-state index contributed by atoms with van der Waals surface area (Å²) in [5.74, 6) is 0.640. The Morgan fingerprint density at radius 2 is 1.98 bits per heavy atom. The number of allylic oxidation sites excluding steroid dienone is 1. The number of aromatic nitrogens is 2. The van der Waals surface area contributed by atoms with E-state index < -0.39 is 6.03 Å². The van der Waals surface area contributed by atoms with Gasteiger partial charge >= 0.3 is 6.03 Å². The molecule has 0 saturated carbocycles. The summed E-state index contributed by atoms with van der Waals surface area (Å²) >= 11 is 1.21. The lowest BCUT2D eigenvalue weighted by Gasteiger charge is -2.29. The van der Waals surface area contributed by atoms with Gasteiger partial charge in [-0.05, 0) is 44.0 Å². The van der Waals surface area contributed by atoms with Gasteiger partial charge in [0.1, 0.15) is 15.5 Å². The van der Waals surface area contributed by atoms with Crippen LogP contribution in [0.15, 0.2) is 66.5 Å². The molecule has 11 heteroatoms. The van der Waals surface area contributed by atoms with Crippen LogP contribution >= 0.6 is 11.3 Å². The van der Waals surface area contributed by atoms with E-state index in [4.69, 9.17) is 4.74 Å². The zero-order valence-electron chi connectivity index (χ0n) is 21.9. The fourth-order valence-corrected chi connectivity index (χ4v) is 5.91. The van der Waals surface area contributed by atoms with Crippen LogP contribution in [-0.2, 0) is 4.79 Å². The van der Waals surface area contributed by atoms with E-state index in [1.165, 1.54) is 16.2 Å². The van der Waals surface area contributed by atoms with Crippen LogP contribution in [0.5, 0.6) is 11.6 Å². The molecule has 3 N–H and O–H groups in total. The average Bonchev–Trinajstić information content (AvgIpc) is 3.55. The van der Waals surface area contributed by atoms with Crippen molar-refractivity contribution in [2.45, 2.75) is 39.2 Å². The summed E-state index contributed by atoms with van der Waals surface area (Å²) in [5, 5.41) is 9.48. The fraction of sp³-hybridized carbons (Fsp3) is 0.207. The number of benzene rings is 1. The molecular formula is C29H26N6O4S. The molecule has 10 nitrogen and oxygen atoms in total. The first kappa shape index (κ1) is 25.5. The van der Waals surface area contributed by atoms with E-state index in [-0.39, 0.29) is 17.9 Å². The Hall–Kier alpha value is -4.77. The summed E-state index contributed by atoms with van der Waals surface area (Å²) in [6.07, 6.45) is 5.38. The van der Waals surface area contributed by atoms with Gasteiger partial charge in [-0.2, -0.15) is 0 Å². The number of para-hydroxylation sites is 1. The van der Waals surface area contributed by atoms with Gasteiger partial charge in [-0.3, -0.25) is 14.5 Å². The van der Waals surface area contributed by atoms with Crippen LogP contribution in [0.25, 0.3) is 10.2 Å². The van der Waals surface area contributed by atoms with Gasteiger partial charge in [-0.25, -0.2) is 14.8 Å². The van der Waals surface area contributed by atoms with Gasteiger partial charge in [0.25, 0.3) is 5.91 Å². The molecule has 202 valence electrons. The standard InChI is InChI=1S/C29H26N6O4S/c1-3-22(36)32-18-10-7-11-19(18)33-27(37)26-25-24-21(14-15-30-28(24)40-26)35(29(38)34-25)20-12-13-23(31-16(20)2)39-17-8-5-4-6-9-17/h4-6,8-9,11-15,18H,3,7,10H2,1-2H3,(H,32,36)(H,33,37)(H,34,38)/t18-/m0/s1. The highest BCUT2D eigenvalue weighted by Crippen LogP contribution is 2.46. The molecule has 2 aliphatic rings. The molecule has 0 fully saturated rings. The number of carbonyl (C=O) groups excluding carboxylic acids is 3. The van der Waals surface area contributed by atoms with E-state index >= 15 is 0 Å². The van der Waals surface area contributed by atoms with E-state index in [2.05, 4.69) is 25.9 Å². The van der Waals surface area contributed by atoms with Crippen molar-refractivity contribution in [2.75, 3.05) is 10.2 Å². The number of carbonyl (C=O) groups is 3. The van der Waals surface area contributed by atoms with Crippen LogP contribution in [0.1, 0.15) is 41.6 Å². The van der Waals surface area contributed by atoms with Gasteiger partial charge in [0, 0.05) is 24.4 Å². The van der Waals surface area contributed by atoms with Crippen LogP contribution in [0.3, 0.4) is 0 Å². The number of anilines is 3. The molecular weight excluding hydrogens is 528 g/mol. The second kappa shape index (κ2) is 10.4. The van der Waals surface area contributed by atoms with Crippen molar-refractivity contribution >= 4 is 56.5 Å². The molecule has 4 heterocycles. The molecule has 1 aliphatic carbocycles. The largest absolute Gasteiger partial charge is 0.439 e. The van der Waals surface area contributed by atoms with Gasteiger partial charge in [0.2, 0.25) is 11.8 Å². The zero-order valence-corrected chi connectivity index (χ0v) is 22.7. The first-order valence-corrected chi connectivity index (χ1v) is 13.8. The first-order valence-electron chi connectivity index (χ1n) is 13.0. The van der Waals surface area contributed by atoms with E-state index in [0.717, 1.165) is 12.8 Å². The molecule has 4 aromatic rings. The SMILES string of the molecule is CCC(=O)N[C@H]1CCC=C1NC(=O)c1sc2nccc3c2c1NC(=O)N3c1ccc(Oc2ccccc2)nc1C. The maximum absolute atomic E-state index is 13.5. The number of amides is 4. The van der Waals surface area contributed by atoms with E-state index in [1.54, 1.807) is 31.3 Å². The van der Waals surface area contributed by atoms with Gasteiger partial charge < -0.3 is 20.7 Å². The molecule has 1 aliphatic heterocycles. The Bertz CT molecular complexity index is 1680. The monoisotopic (exact) mass is 554 g/mol. The number of hydrogen-bond acceptors (Lipinski definition) is 7. The highest BCUT2D eigenvalue weighted by Gasteiger charge is 2.34. The van der Waals surface area contributed by atoms with E-state index in [1.807, 2.05) is 43.3 Å². The molecule has 0 unspecified atom stereocenters. The van der Waals surface area contributed by atoms with Crippen molar-refractivity contribution in [3.8, 4) is 11.6 Å². The number of nitrogens with zero attached hydrogens (tertiary/aromatic N) is 3. The molecule has 4 amide bonds. The smallest absolute Gasteiger partial charge is 0.331 e. The van der Waals surface area contributed by atoms with Gasteiger partial charge in [-0.1, -0.05) is 31.2 Å². The molecule has 0 radical (unpaired) electrons. The predicted octanol–water partition coefficient (Wildman–Crippen LogP) is 5.78. The van der Waals surface area contributed by atoms with Crippen LogP contribution in [-0.4, -0.2) is 33.9 Å². The van der Waals surface area contributed by atoms with Gasteiger partial charge in [0.15, 0.2) is 0 Å². The first-order chi connectivity index (χ1) is 19.4. The molecule has 1 atom stereocenters. The second-order valence-electron chi connectivity index (χ2n) is 9.42. The summed E-state index contributed by atoms with van der Waals surface area (Å²) < 4.78 is 5.85. The molecule has 0 bridgehead atoms. The quantitative estimate of drug-likeness (QED) is 0.266. The predicted molar refractivity (Wildman–Crippen MR) is 153 cm³/mol. The van der Waals surface area contributed by atoms with Crippen molar-refractivity contribution in [3.05, 3.63) is 77.1 Å². The maximum Gasteiger partial charge on any atom is 0.331 e. The number of aryl methyl sites for hydroxylation is 1. The topological polar surface area (TPSA) is 126 Å². The number of pyridine rings is 2. The minimum absolute atomic E-state index is 0.0744. The summed E-state index contributed by atoms with van der Waals surface area (Å²) in [5.41, 5.74) is 2.86. The average molecular weight is 555 g/mol. The minimum atomic E-state index is -0.415. The minimum Gasteiger partial charge on any atom is -0.439 e. The zero-order chi connectivity index (χ0) is 27.8. The highest BCUT2D eigenvalue weighted by atomic mass is 32.1. The van der Waals surface area contributed by atoms with Crippen molar-refractivity contribution in [2.24, 2.45) is 0 Å². The summed E-state index contributed by atoms with van der Waals surface area (Å²) in [6.45, 7) is 3.60. The van der Waals surface area contributed by atoms with Crippen LogP contribution in [0.2, 0.25) is 0 Å². The van der Waals surface area contributed by atoms with Crippen molar-refractivity contribution < 1.29 is 19.1 Å². The molecule has 0 spiro atoms. The lowest BCUT2D eigenvalue weighted by atomic mass is 10.1. The molecule has 6 rings (SSSR count). The van der Waals surface area contributed by atoms with E-state index in [0.29, 0.717) is 61.6 Å². The molecule has 0 saturated heterocycles. The third-order valence-corrected chi connectivity index (χ3v) is 7.90. The Kier molecular flexibility index (Phi) is 6.64. The molecule has 3 aromatic heterocycles. The van der Waals surface area contributed by atoms with Crippen molar-refractivity contribution in [1.29, 1.82) is 0 Å². The van der Waals surface area contributed by atoms with Crippen molar-refractivity contribution in [3.63, 3.8) is 0 Å². The number of hydrogen-bond donors (Lipinski definition) is 3. The number of urea groups is 1. The Balaban J connectivity index is 1.31. The Morgan fingerprint density at radius 3 is 2.75 bits per heavy atom. The number of thiophene rings is 1. The number of nitrogens with one attached hydrogen (secondary N) is 3. The van der Waals surface area contributed by atoms with Gasteiger partial charge in [0.05, 0.1) is 34.2 Å². The number of ether oxygens (including phenoxy) is 1. The van der Waals surface area contributed by atoms with Gasteiger partial charge in [-0.15, -0.1) is 11.3 Å². The maximum atomic E-state index is 13.5. The normalized spacial score (nSPS) is 15.9. The summed E-state index contributed by atoms with van der Waals surface area (Å²) in [7, 11) is 0. The van der Waals surface area contributed by atoms with E-state index in [9.17, 15) is 14.4 Å². The third kappa shape index (κ3) is 4.64. The third-order valence-electron chi connectivity index (χ3n) is 6.80. The van der Waals surface area contributed by atoms with Crippen LogP contribution < -0.4 is 25.6 Å². The highest BCUT2D eigenvalue weighted by molar-refractivity contribution is 7.21. The number of rotatable bonds is 7. The van der Waals surface area contributed by atoms with Crippen LogP contribution in [0.4, 0.5) is 21.9 Å². The lowest BCUT2D eigenvalue weighted by molar-refractivity contribution is -0.121. The van der Waals surface area contributed by atoms with Crippen molar-refractivity contribution in [1.82, 2.24) is 20.6 Å². The molecule has 40 heavy (non-hydrogen) atoms. The summed E-state index contributed by atoms with van der Waals surface area (Å²) in [4.78, 5) is 50.4. The Labute approximate surface area is 234 Å². The Morgan fingerprint density at radius 1 is 1.15 bits per heavy atom. The summed E-state index contributed by atoms with van der Waals surface area (Å²) in [6, 6.07) is 13.9. The fourth-order valence-electron chi connectivity index (χ4n) is 4.89. The van der Waals surface area contributed by atoms with Crippen LogP contribution in [0, 0.1) is 6.92 Å². The second-order valence-corrected chi connectivity index (χ2v) is 10.4. The lowest BCUT2D eigenvalue weighted by Crippen LogP contribution is -2.40.